The molecule has 0 amide bonds. The molecule has 0 saturated carbocycles. The van der Waals surface area contributed by atoms with Gasteiger partial charge in [-0.3, -0.25) is 4.68 Å². The first-order valence-electron chi connectivity index (χ1n) is 10.9. The van der Waals surface area contributed by atoms with Crippen molar-refractivity contribution in [3.05, 3.63) is 87.0 Å². The number of halogens is 8. The second-order valence-corrected chi connectivity index (χ2v) is 9.28. The second kappa shape index (κ2) is 10.1. The molecule has 1 N–H and O–H groups in total. The van der Waals surface area contributed by atoms with Crippen molar-refractivity contribution in [2.75, 3.05) is 0 Å². The molecule has 4 nitrogen and oxygen atoms in total. The molecule has 0 aliphatic heterocycles. The fourth-order valence-corrected chi connectivity index (χ4v) is 4.30. The summed E-state index contributed by atoms with van der Waals surface area (Å²) < 4.78 is 87.4. The number of nitrogens with zero attached hydrogens (tertiary/aromatic N) is 2. The van der Waals surface area contributed by atoms with Crippen LogP contribution in [0.5, 0.6) is 11.5 Å². The third kappa shape index (κ3) is 5.56. The smallest absolute Gasteiger partial charge is 0.435 e. The van der Waals surface area contributed by atoms with Crippen molar-refractivity contribution in [1.29, 1.82) is 0 Å². The molecule has 1 aromatic heterocycles. The third-order valence-electron chi connectivity index (χ3n) is 5.72. The minimum Gasteiger partial charge on any atom is -0.506 e. The Bertz CT molecular complexity index is 1500. The maximum absolute atomic E-state index is 13.6. The number of phenols is 1. The van der Waals surface area contributed by atoms with E-state index in [9.17, 15) is 31.4 Å². The molecule has 0 radical (unpaired) electrons. The van der Waals surface area contributed by atoms with Crippen LogP contribution < -0.4 is 4.74 Å². The number of alkyl halides is 6. The Balaban J connectivity index is 1.93. The number of aryl methyl sites for hydroxylation is 2. The van der Waals surface area contributed by atoms with Gasteiger partial charge in [0.2, 0.25) is 0 Å². The molecular formula is C26H18Cl2F6N2O2. The molecular weight excluding hydrogens is 557 g/mol. The van der Waals surface area contributed by atoms with Gasteiger partial charge in [0.1, 0.15) is 18.1 Å². The van der Waals surface area contributed by atoms with Crippen LogP contribution in [0.3, 0.4) is 0 Å². The molecule has 4 aromatic rings. The Morgan fingerprint density at radius 2 is 1.55 bits per heavy atom. The average Bonchev–Trinajstić information content (AvgIpc) is 3.22. The van der Waals surface area contributed by atoms with Crippen molar-refractivity contribution in [2.45, 2.75) is 25.9 Å². The number of aromatic nitrogens is 2. The van der Waals surface area contributed by atoms with E-state index in [0.717, 1.165) is 16.3 Å². The summed E-state index contributed by atoms with van der Waals surface area (Å²) in [6.45, 7) is 1.83. The molecule has 0 atom stereocenters. The van der Waals surface area contributed by atoms with E-state index in [1.54, 1.807) is 12.1 Å². The van der Waals surface area contributed by atoms with E-state index >= 15 is 0 Å². The first-order valence-corrected chi connectivity index (χ1v) is 11.6. The van der Waals surface area contributed by atoms with Gasteiger partial charge in [0.25, 0.3) is 0 Å². The lowest BCUT2D eigenvalue weighted by atomic mass is 9.96. The quantitative estimate of drug-likeness (QED) is 0.242. The van der Waals surface area contributed by atoms with Gasteiger partial charge in [-0.15, -0.1) is 0 Å². The summed E-state index contributed by atoms with van der Waals surface area (Å²) in [6.07, 6.45) is -9.59. The molecule has 0 bridgehead atoms. The summed E-state index contributed by atoms with van der Waals surface area (Å²) in [4.78, 5) is 0. The topological polar surface area (TPSA) is 47.3 Å². The zero-order valence-electron chi connectivity index (χ0n) is 19.7. The van der Waals surface area contributed by atoms with Gasteiger partial charge >= 0.3 is 12.4 Å². The van der Waals surface area contributed by atoms with E-state index in [1.807, 2.05) is 19.1 Å². The molecule has 4 rings (SSSR count). The Morgan fingerprint density at radius 1 is 0.895 bits per heavy atom. The highest BCUT2D eigenvalue weighted by Gasteiger charge is 2.36. The van der Waals surface area contributed by atoms with Gasteiger partial charge in [0, 0.05) is 12.6 Å². The van der Waals surface area contributed by atoms with Crippen LogP contribution in [0.2, 0.25) is 10.0 Å². The molecule has 3 aromatic carbocycles. The summed E-state index contributed by atoms with van der Waals surface area (Å²) in [5, 5.41) is 14.0. The van der Waals surface area contributed by atoms with Crippen LogP contribution in [0.15, 0.2) is 54.6 Å². The number of aromatic hydroxyl groups is 1. The fourth-order valence-electron chi connectivity index (χ4n) is 3.82. The normalized spacial score (nSPS) is 12.2. The first-order chi connectivity index (χ1) is 17.7. The lowest BCUT2D eigenvalue weighted by molar-refractivity contribution is -0.141. The highest BCUT2D eigenvalue weighted by atomic mass is 35.5. The van der Waals surface area contributed by atoms with E-state index in [2.05, 4.69) is 5.10 Å². The third-order valence-corrected chi connectivity index (χ3v) is 6.33. The molecule has 0 saturated heterocycles. The Labute approximate surface area is 223 Å². The number of hydrogen-bond donors (Lipinski definition) is 1. The molecule has 12 heteroatoms. The standard InChI is InChI=1S/C26H18Cl2F6N2O2/c1-13-3-5-14(6-4-13)12-38-24-19(28)10-16(20-11-21(26(32,33)34)35-36(20)2)23(37)22(24)15-7-8-18(27)17(9-15)25(29,30)31/h3-11,37H,12H2,1-2H3. The predicted molar refractivity (Wildman–Crippen MR) is 131 cm³/mol. The van der Waals surface area contributed by atoms with Crippen molar-refractivity contribution >= 4 is 23.2 Å². The van der Waals surface area contributed by atoms with Gasteiger partial charge in [-0.25, -0.2) is 0 Å². The van der Waals surface area contributed by atoms with E-state index in [-0.39, 0.29) is 39.8 Å². The van der Waals surface area contributed by atoms with E-state index in [1.165, 1.54) is 19.2 Å². The Hall–Kier alpha value is -3.37. The molecule has 200 valence electrons. The number of benzene rings is 3. The lowest BCUT2D eigenvalue weighted by Gasteiger charge is -2.19. The summed E-state index contributed by atoms with van der Waals surface area (Å²) in [7, 11) is 1.23. The SMILES string of the molecule is Cc1ccc(COc2c(Cl)cc(-c3cc(C(F)(F)F)nn3C)c(O)c2-c2ccc(Cl)c(C(F)(F)F)c2)cc1. The number of phenolic OH excluding ortho intramolecular Hbond substituents is 1. The minimum absolute atomic E-state index is 0.0601. The average molecular weight is 575 g/mol. The Morgan fingerprint density at radius 3 is 2.13 bits per heavy atom. The van der Waals surface area contributed by atoms with E-state index in [4.69, 9.17) is 27.9 Å². The van der Waals surface area contributed by atoms with Crippen LogP contribution in [-0.2, 0) is 26.0 Å². The summed E-state index contributed by atoms with van der Waals surface area (Å²) in [6, 6.07) is 12.0. The lowest BCUT2D eigenvalue weighted by Crippen LogP contribution is -2.06. The largest absolute Gasteiger partial charge is 0.506 e. The molecule has 0 aliphatic carbocycles. The molecule has 0 fully saturated rings. The van der Waals surface area contributed by atoms with Gasteiger partial charge < -0.3 is 9.84 Å². The summed E-state index contributed by atoms with van der Waals surface area (Å²) in [5.41, 5.74) is -1.49. The van der Waals surface area contributed by atoms with E-state index in [0.29, 0.717) is 17.7 Å². The van der Waals surface area contributed by atoms with E-state index < -0.39 is 34.4 Å². The van der Waals surface area contributed by atoms with Crippen molar-refractivity contribution in [3.8, 4) is 33.9 Å². The summed E-state index contributed by atoms with van der Waals surface area (Å²) in [5.74, 6) is -0.817. The van der Waals surface area contributed by atoms with Crippen molar-refractivity contribution in [3.63, 3.8) is 0 Å². The van der Waals surface area contributed by atoms with Gasteiger partial charge in [0.15, 0.2) is 5.69 Å². The second-order valence-electron chi connectivity index (χ2n) is 8.46. The maximum atomic E-state index is 13.6. The number of rotatable bonds is 5. The number of hydrogen-bond acceptors (Lipinski definition) is 3. The molecule has 0 aliphatic rings. The molecule has 1 heterocycles. The Kier molecular flexibility index (Phi) is 7.33. The van der Waals surface area contributed by atoms with Gasteiger partial charge in [-0.1, -0.05) is 59.1 Å². The molecule has 0 unspecified atom stereocenters. The van der Waals surface area contributed by atoms with Crippen LogP contribution in [-0.4, -0.2) is 14.9 Å². The fraction of sp³-hybridized carbons (Fsp3) is 0.192. The maximum Gasteiger partial charge on any atom is 0.435 e. The monoisotopic (exact) mass is 574 g/mol. The van der Waals surface area contributed by atoms with Crippen LogP contribution in [0, 0.1) is 6.92 Å². The summed E-state index contributed by atoms with van der Waals surface area (Å²) >= 11 is 12.2. The van der Waals surface area contributed by atoms with Crippen LogP contribution >= 0.6 is 23.2 Å². The van der Waals surface area contributed by atoms with Gasteiger partial charge in [-0.05, 0) is 42.3 Å². The van der Waals surface area contributed by atoms with Crippen LogP contribution in [0.4, 0.5) is 26.3 Å². The zero-order chi connectivity index (χ0) is 28.0. The first kappa shape index (κ1) is 27.7. The molecule has 0 spiro atoms. The van der Waals surface area contributed by atoms with Crippen molar-refractivity contribution < 1.29 is 36.2 Å². The van der Waals surface area contributed by atoms with Gasteiger partial charge in [0.05, 0.1) is 26.9 Å². The van der Waals surface area contributed by atoms with Crippen LogP contribution in [0.1, 0.15) is 22.4 Å². The number of ether oxygens (including phenoxy) is 1. The van der Waals surface area contributed by atoms with Crippen molar-refractivity contribution in [1.82, 2.24) is 9.78 Å². The highest BCUT2D eigenvalue weighted by molar-refractivity contribution is 6.33. The van der Waals surface area contributed by atoms with Crippen molar-refractivity contribution in [2.24, 2.45) is 7.05 Å². The zero-order valence-corrected chi connectivity index (χ0v) is 21.2. The van der Waals surface area contributed by atoms with Crippen LogP contribution in [0.25, 0.3) is 22.4 Å². The van der Waals surface area contributed by atoms with Gasteiger partial charge in [-0.2, -0.15) is 31.4 Å². The predicted octanol–water partition coefficient (Wildman–Crippen LogP) is 8.69. The molecule has 38 heavy (non-hydrogen) atoms. The highest BCUT2D eigenvalue weighted by Crippen LogP contribution is 2.50. The minimum atomic E-state index is -4.82.